The number of hydrogen-bond donors (Lipinski definition) is 1. The Balaban J connectivity index is 1.99. The SMILES string of the molecule is NC(COc1ccccc1)c1ccncc1F. The smallest absolute Gasteiger partial charge is 0.146 e. The van der Waals surface area contributed by atoms with Gasteiger partial charge in [-0.25, -0.2) is 4.39 Å². The molecule has 0 aliphatic carbocycles. The lowest BCUT2D eigenvalue weighted by atomic mass is 10.1. The molecule has 0 fully saturated rings. The van der Waals surface area contributed by atoms with E-state index in [2.05, 4.69) is 4.98 Å². The van der Waals surface area contributed by atoms with Crippen LogP contribution < -0.4 is 10.5 Å². The van der Waals surface area contributed by atoms with Gasteiger partial charge < -0.3 is 10.5 Å². The molecule has 0 saturated carbocycles. The first-order valence-electron chi connectivity index (χ1n) is 5.30. The van der Waals surface area contributed by atoms with Crippen LogP contribution in [0.2, 0.25) is 0 Å². The van der Waals surface area contributed by atoms with Crippen molar-refractivity contribution in [2.75, 3.05) is 6.61 Å². The topological polar surface area (TPSA) is 48.1 Å². The molecule has 1 aromatic heterocycles. The predicted molar refractivity (Wildman–Crippen MR) is 63.1 cm³/mol. The van der Waals surface area contributed by atoms with E-state index in [0.29, 0.717) is 5.56 Å². The third kappa shape index (κ3) is 3.01. The first-order chi connectivity index (χ1) is 8.27. The van der Waals surface area contributed by atoms with Gasteiger partial charge in [0.1, 0.15) is 18.2 Å². The molecule has 0 aliphatic heterocycles. The molecule has 0 spiro atoms. The van der Waals surface area contributed by atoms with E-state index in [1.54, 1.807) is 6.07 Å². The van der Waals surface area contributed by atoms with Crippen LogP contribution in [0.1, 0.15) is 11.6 Å². The fraction of sp³-hybridized carbons (Fsp3) is 0.154. The summed E-state index contributed by atoms with van der Waals surface area (Å²) >= 11 is 0. The first-order valence-corrected chi connectivity index (χ1v) is 5.30. The summed E-state index contributed by atoms with van der Waals surface area (Å²) in [6.07, 6.45) is 2.67. The lowest BCUT2D eigenvalue weighted by Crippen LogP contribution is -2.20. The third-order valence-corrected chi connectivity index (χ3v) is 2.38. The maximum Gasteiger partial charge on any atom is 0.146 e. The summed E-state index contributed by atoms with van der Waals surface area (Å²) in [5, 5.41) is 0. The molecule has 1 aromatic carbocycles. The van der Waals surface area contributed by atoms with Gasteiger partial charge in [-0.2, -0.15) is 0 Å². The van der Waals surface area contributed by atoms with Gasteiger partial charge in [0.15, 0.2) is 0 Å². The van der Waals surface area contributed by atoms with E-state index in [9.17, 15) is 4.39 Å². The van der Waals surface area contributed by atoms with E-state index in [1.807, 2.05) is 30.3 Å². The van der Waals surface area contributed by atoms with Crippen molar-refractivity contribution >= 4 is 0 Å². The van der Waals surface area contributed by atoms with Gasteiger partial charge >= 0.3 is 0 Å². The second-order valence-corrected chi connectivity index (χ2v) is 3.63. The molecule has 0 aliphatic rings. The summed E-state index contributed by atoms with van der Waals surface area (Å²) in [6.45, 7) is 0.227. The van der Waals surface area contributed by atoms with Crippen molar-refractivity contribution < 1.29 is 9.13 Å². The average Bonchev–Trinajstić information content (AvgIpc) is 2.38. The van der Waals surface area contributed by atoms with Gasteiger partial charge in [-0.15, -0.1) is 0 Å². The zero-order valence-corrected chi connectivity index (χ0v) is 9.21. The van der Waals surface area contributed by atoms with Gasteiger partial charge in [-0.1, -0.05) is 18.2 Å². The van der Waals surface area contributed by atoms with Crippen LogP contribution in [-0.2, 0) is 0 Å². The van der Waals surface area contributed by atoms with Crippen LogP contribution in [-0.4, -0.2) is 11.6 Å². The summed E-state index contributed by atoms with van der Waals surface area (Å²) in [7, 11) is 0. The molecule has 0 saturated heterocycles. The fourth-order valence-electron chi connectivity index (χ4n) is 1.48. The van der Waals surface area contributed by atoms with Crippen molar-refractivity contribution in [3.05, 3.63) is 60.2 Å². The van der Waals surface area contributed by atoms with E-state index in [4.69, 9.17) is 10.5 Å². The number of pyridine rings is 1. The van der Waals surface area contributed by atoms with Crippen molar-refractivity contribution in [2.45, 2.75) is 6.04 Å². The molecular formula is C13H13FN2O. The van der Waals surface area contributed by atoms with Crippen LogP contribution in [0.15, 0.2) is 48.8 Å². The number of benzene rings is 1. The minimum atomic E-state index is -0.502. The molecule has 88 valence electrons. The van der Waals surface area contributed by atoms with E-state index in [-0.39, 0.29) is 6.61 Å². The van der Waals surface area contributed by atoms with Gasteiger partial charge in [0.2, 0.25) is 0 Å². The highest BCUT2D eigenvalue weighted by Crippen LogP contribution is 2.16. The Morgan fingerprint density at radius 3 is 2.71 bits per heavy atom. The van der Waals surface area contributed by atoms with Crippen LogP contribution in [0.4, 0.5) is 4.39 Å². The highest BCUT2D eigenvalue weighted by molar-refractivity contribution is 5.22. The van der Waals surface area contributed by atoms with Gasteiger partial charge in [-0.05, 0) is 18.2 Å². The molecule has 1 atom stereocenters. The van der Waals surface area contributed by atoms with E-state index in [1.165, 1.54) is 6.20 Å². The Morgan fingerprint density at radius 2 is 2.00 bits per heavy atom. The lowest BCUT2D eigenvalue weighted by Gasteiger charge is -2.13. The molecule has 0 bridgehead atoms. The van der Waals surface area contributed by atoms with Gasteiger partial charge in [0.05, 0.1) is 12.2 Å². The highest BCUT2D eigenvalue weighted by Gasteiger charge is 2.11. The lowest BCUT2D eigenvalue weighted by molar-refractivity contribution is 0.287. The second-order valence-electron chi connectivity index (χ2n) is 3.63. The predicted octanol–water partition coefficient (Wildman–Crippen LogP) is 2.30. The molecule has 2 aromatic rings. The average molecular weight is 232 g/mol. The third-order valence-electron chi connectivity index (χ3n) is 2.38. The van der Waals surface area contributed by atoms with E-state index in [0.717, 1.165) is 11.9 Å². The Bertz CT molecular complexity index is 476. The Morgan fingerprint density at radius 1 is 1.24 bits per heavy atom. The maximum atomic E-state index is 13.4. The minimum absolute atomic E-state index is 0.227. The number of para-hydroxylation sites is 1. The van der Waals surface area contributed by atoms with Crippen molar-refractivity contribution in [3.8, 4) is 5.75 Å². The molecule has 3 nitrogen and oxygen atoms in total. The summed E-state index contributed by atoms with van der Waals surface area (Å²) < 4.78 is 18.8. The normalized spacial score (nSPS) is 12.1. The number of nitrogens with two attached hydrogens (primary N) is 1. The molecule has 1 unspecified atom stereocenters. The number of ether oxygens (including phenoxy) is 1. The summed E-state index contributed by atoms with van der Waals surface area (Å²) in [4.78, 5) is 3.67. The Hall–Kier alpha value is -1.94. The highest BCUT2D eigenvalue weighted by atomic mass is 19.1. The molecule has 0 amide bonds. The monoisotopic (exact) mass is 232 g/mol. The molecule has 2 rings (SSSR count). The largest absolute Gasteiger partial charge is 0.492 e. The van der Waals surface area contributed by atoms with Crippen LogP contribution in [0.5, 0.6) is 5.75 Å². The quantitative estimate of drug-likeness (QED) is 0.879. The standard InChI is InChI=1S/C13H13FN2O/c14-12-8-16-7-6-11(12)13(15)9-17-10-4-2-1-3-5-10/h1-8,13H,9,15H2. The number of rotatable bonds is 4. The minimum Gasteiger partial charge on any atom is -0.492 e. The fourth-order valence-corrected chi connectivity index (χ4v) is 1.48. The Kier molecular flexibility index (Phi) is 3.67. The molecule has 1 heterocycles. The number of hydrogen-bond acceptors (Lipinski definition) is 3. The van der Waals surface area contributed by atoms with Gasteiger partial charge in [-0.3, -0.25) is 4.98 Å². The maximum absolute atomic E-state index is 13.4. The first kappa shape index (κ1) is 11.5. The van der Waals surface area contributed by atoms with Crippen LogP contribution in [0, 0.1) is 5.82 Å². The van der Waals surface area contributed by atoms with E-state index >= 15 is 0 Å². The van der Waals surface area contributed by atoms with Gasteiger partial charge in [0.25, 0.3) is 0 Å². The molecule has 0 radical (unpaired) electrons. The van der Waals surface area contributed by atoms with Crippen molar-refractivity contribution in [2.24, 2.45) is 5.73 Å². The molecular weight excluding hydrogens is 219 g/mol. The zero-order valence-electron chi connectivity index (χ0n) is 9.21. The van der Waals surface area contributed by atoms with Crippen LogP contribution in [0.25, 0.3) is 0 Å². The Labute approximate surface area is 99.1 Å². The zero-order chi connectivity index (χ0) is 12.1. The molecule has 17 heavy (non-hydrogen) atoms. The molecule has 4 heteroatoms. The molecule has 2 N–H and O–H groups in total. The van der Waals surface area contributed by atoms with E-state index < -0.39 is 11.9 Å². The number of aromatic nitrogens is 1. The van der Waals surface area contributed by atoms with Crippen molar-refractivity contribution in [3.63, 3.8) is 0 Å². The number of nitrogens with zero attached hydrogens (tertiary/aromatic N) is 1. The number of halogens is 1. The van der Waals surface area contributed by atoms with Crippen LogP contribution in [0.3, 0.4) is 0 Å². The second kappa shape index (κ2) is 5.41. The van der Waals surface area contributed by atoms with Gasteiger partial charge in [0, 0.05) is 11.8 Å². The van der Waals surface area contributed by atoms with Crippen LogP contribution >= 0.6 is 0 Å². The van der Waals surface area contributed by atoms with Crippen molar-refractivity contribution in [1.29, 1.82) is 0 Å². The van der Waals surface area contributed by atoms with Crippen molar-refractivity contribution in [1.82, 2.24) is 4.98 Å². The summed E-state index contributed by atoms with van der Waals surface area (Å²) in [5.41, 5.74) is 6.26. The summed E-state index contributed by atoms with van der Waals surface area (Å²) in [5.74, 6) is 0.314. The summed E-state index contributed by atoms with van der Waals surface area (Å²) in [6, 6.07) is 10.4.